The van der Waals surface area contributed by atoms with E-state index in [4.69, 9.17) is 14.7 Å². The van der Waals surface area contributed by atoms with Crippen molar-refractivity contribution in [3.05, 3.63) is 0 Å². The summed E-state index contributed by atoms with van der Waals surface area (Å²) in [5, 5.41) is 12.9. The van der Waals surface area contributed by atoms with Crippen molar-refractivity contribution in [2.24, 2.45) is 11.1 Å². The van der Waals surface area contributed by atoms with Crippen molar-refractivity contribution in [3.63, 3.8) is 0 Å². The van der Waals surface area contributed by atoms with Crippen molar-refractivity contribution in [2.75, 3.05) is 19.8 Å². The Balaban J connectivity index is 2.06. The van der Waals surface area contributed by atoms with Gasteiger partial charge in [-0.2, -0.15) is 0 Å². The van der Waals surface area contributed by atoms with Crippen LogP contribution in [0.2, 0.25) is 0 Å². The van der Waals surface area contributed by atoms with Crippen LogP contribution in [0.3, 0.4) is 0 Å². The quantitative estimate of drug-likeness (QED) is 0.611. The van der Waals surface area contributed by atoms with Gasteiger partial charge in [0.1, 0.15) is 0 Å². The van der Waals surface area contributed by atoms with Crippen LogP contribution in [-0.4, -0.2) is 36.7 Å². The molecule has 2 heterocycles. The Morgan fingerprint density at radius 2 is 2.50 bits per heavy atom. The molecule has 2 rings (SSSR count). The van der Waals surface area contributed by atoms with Gasteiger partial charge in [-0.15, -0.1) is 0 Å². The summed E-state index contributed by atoms with van der Waals surface area (Å²) in [6.07, 6.45) is 1.79. The van der Waals surface area contributed by atoms with E-state index in [2.05, 4.69) is 5.16 Å². The molecule has 4 nitrogen and oxygen atoms in total. The number of aliphatic hydroxyl groups excluding tert-OH is 1. The zero-order chi connectivity index (χ0) is 8.39. The van der Waals surface area contributed by atoms with E-state index in [1.807, 2.05) is 0 Å². The molecule has 2 atom stereocenters. The maximum absolute atomic E-state index is 8.94. The maximum atomic E-state index is 8.94. The number of ether oxygens (including phenoxy) is 1. The van der Waals surface area contributed by atoms with E-state index in [1.54, 1.807) is 0 Å². The lowest BCUT2D eigenvalue weighted by Crippen LogP contribution is -2.29. The fraction of sp³-hybridized carbons (Fsp3) is 0.875. The van der Waals surface area contributed by atoms with Gasteiger partial charge in [-0.05, 0) is 12.8 Å². The first-order valence-electron chi connectivity index (χ1n) is 4.33. The van der Waals surface area contributed by atoms with Crippen molar-refractivity contribution in [3.8, 4) is 0 Å². The largest absolute Gasteiger partial charge is 0.392 e. The second-order valence-corrected chi connectivity index (χ2v) is 3.19. The van der Waals surface area contributed by atoms with Crippen molar-refractivity contribution in [1.29, 1.82) is 0 Å². The van der Waals surface area contributed by atoms with Crippen molar-refractivity contribution >= 4 is 5.71 Å². The van der Waals surface area contributed by atoms with Crippen LogP contribution in [0, 0.1) is 5.92 Å². The summed E-state index contributed by atoms with van der Waals surface area (Å²) in [6.45, 7) is 1.47. The van der Waals surface area contributed by atoms with Gasteiger partial charge < -0.3 is 14.7 Å². The highest BCUT2D eigenvalue weighted by Gasteiger charge is 2.34. The van der Waals surface area contributed by atoms with Gasteiger partial charge >= 0.3 is 0 Å². The first-order chi connectivity index (χ1) is 5.92. The lowest BCUT2D eigenvalue weighted by Gasteiger charge is -2.13. The van der Waals surface area contributed by atoms with Crippen LogP contribution < -0.4 is 0 Å². The average Bonchev–Trinajstić information content (AvgIpc) is 2.33. The van der Waals surface area contributed by atoms with E-state index in [9.17, 15) is 0 Å². The number of aliphatic hydroxyl groups is 1. The first kappa shape index (κ1) is 8.01. The zero-order valence-corrected chi connectivity index (χ0v) is 6.90. The second kappa shape index (κ2) is 3.41. The summed E-state index contributed by atoms with van der Waals surface area (Å²) in [5.74, 6) is 0.192. The van der Waals surface area contributed by atoms with E-state index >= 15 is 0 Å². The molecule has 0 aromatic rings. The molecule has 1 N–H and O–H groups in total. The zero-order valence-electron chi connectivity index (χ0n) is 6.90. The molecule has 0 bridgehead atoms. The fourth-order valence-corrected chi connectivity index (χ4v) is 1.65. The van der Waals surface area contributed by atoms with Crippen LogP contribution in [0.15, 0.2) is 5.16 Å². The van der Waals surface area contributed by atoms with Gasteiger partial charge in [0.2, 0.25) is 0 Å². The van der Waals surface area contributed by atoms with Crippen LogP contribution in [0.5, 0.6) is 0 Å². The van der Waals surface area contributed by atoms with Gasteiger partial charge in [0.25, 0.3) is 0 Å². The number of fused-ring (bicyclic) bond motifs is 1. The van der Waals surface area contributed by atoms with Crippen LogP contribution >= 0.6 is 0 Å². The third kappa shape index (κ3) is 1.32. The SMILES string of the molecule is OC[C@@H]1ON=C2CCCOC[C@@H]21. The minimum absolute atomic E-state index is 0.0288. The van der Waals surface area contributed by atoms with Crippen molar-refractivity contribution < 1.29 is 14.7 Å². The minimum Gasteiger partial charge on any atom is -0.392 e. The molecular formula is C8H13NO3. The number of oxime groups is 1. The van der Waals surface area contributed by atoms with Gasteiger partial charge in [-0.1, -0.05) is 5.16 Å². The molecule has 2 aliphatic rings. The molecule has 4 heteroatoms. The highest BCUT2D eigenvalue weighted by molar-refractivity contribution is 5.88. The molecular weight excluding hydrogens is 158 g/mol. The van der Waals surface area contributed by atoms with E-state index < -0.39 is 0 Å². The predicted molar refractivity (Wildman–Crippen MR) is 42.9 cm³/mol. The van der Waals surface area contributed by atoms with Gasteiger partial charge in [-0.25, -0.2) is 0 Å². The summed E-state index contributed by atoms with van der Waals surface area (Å²) in [4.78, 5) is 5.06. The second-order valence-electron chi connectivity index (χ2n) is 3.19. The Morgan fingerprint density at radius 3 is 3.33 bits per heavy atom. The molecule has 0 radical (unpaired) electrons. The number of hydrogen-bond donors (Lipinski definition) is 1. The summed E-state index contributed by atoms with van der Waals surface area (Å²) >= 11 is 0. The van der Waals surface area contributed by atoms with E-state index in [-0.39, 0.29) is 18.6 Å². The fourth-order valence-electron chi connectivity index (χ4n) is 1.65. The highest BCUT2D eigenvalue weighted by atomic mass is 16.7. The summed E-state index contributed by atoms with van der Waals surface area (Å²) in [6, 6.07) is 0. The highest BCUT2D eigenvalue weighted by Crippen LogP contribution is 2.23. The van der Waals surface area contributed by atoms with Gasteiger partial charge in [0.15, 0.2) is 6.10 Å². The molecule has 0 aliphatic carbocycles. The van der Waals surface area contributed by atoms with Gasteiger partial charge in [0, 0.05) is 6.61 Å². The maximum Gasteiger partial charge on any atom is 0.160 e. The Labute approximate surface area is 71.2 Å². The Kier molecular flexibility index (Phi) is 2.28. The molecule has 68 valence electrons. The lowest BCUT2D eigenvalue weighted by atomic mass is 9.97. The topological polar surface area (TPSA) is 51.0 Å². The van der Waals surface area contributed by atoms with Crippen LogP contribution in [-0.2, 0) is 9.57 Å². The van der Waals surface area contributed by atoms with Crippen molar-refractivity contribution in [1.82, 2.24) is 0 Å². The van der Waals surface area contributed by atoms with Crippen LogP contribution in [0.1, 0.15) is 12.8 Å². The Bertz CT molecular complexity index is 193. The molecule has 0 aromatic heterocycles. The van der Waals surface area contributed by atoms with Crippen molar-refractivity contribution in [2.45, 2.75) is 18.9 Å². The van der Waals surface area contributed by atoms with Gasteiger partial charge in [-0.3, -0.25) is 0 Å². The minimum atomic E-state index is -0.168. The smallest absolute Gasteiger partial charge is 0.160 e. The molecule has 0 saturated carbocycles. The van der Waals surface area contributed by atoms with E-state index in [1.165, 1.54) is 0 Å². The molecule has 12 heavy (non-hydrogen) atoms. The lowest BCUT2D eigenvalue weighted by molar-refractivity contribution is -0.00463. The third-order valence-corrected chi connectivity index (χ3v) is 2.38. The normalized spacial score (nSPS) is 34.9. The first-order valence-corrected chi connectivity index (χ1v) is 4.33. The molecule has 1 saturated heterocycles. The third-order valence-electron chi connectivity index (χ3n) is 2.38. The summed E-state index contributed by atoms with van der Waals surface area (Å²) in [7, 11) is 0. The molecule has 1 fully saturated rings. The van der Waals surface area contributed by atoms with E-state index in [0.717, 1.165) is 25.2 Å². The standard InChI is InChI=1S/C8H13NO3/c10-4-8-6-5-11-3-1-2-7(6)9-12-8/h6,8,10H,1-5H2/t6-,8-/m0/s1. The summed E-state index contributed by atoms with van der Waals surface area (Å²) < 4.78 is 5.37. The predicted octanol–water partition coefficient (Wildman–Crippen LogP) is 0.160. The average molecular weight is 171 g/mol. The molecule has 0 amide bonds. The molecule has 0 aromatic carbocycles. The number of nitrogens with zero attached hydrogens (tertiary/aromatic N) is 1. The van der Waals surface area contributed by atoms with Gasteiger partial charge in [0.05, 0.1) is 24.8 Å². The Hall–Kier alpha value is -0.610. The number of rotatable bonds is 1. The van der Waals surface area contributed by atoms with Crippen LogP contribution in [0.25, 0.3) is 0 Å². The number of hydrogen-bond acceptors (Lipinski definition) is 4. The van der Waals surface area contributed by atoms with Crippen LogP contribution in [0.4, 0.5) is 0 Å². The molecule has 2 aliphatic heterocycles. The van der Waals surface area contributed by atoms with E-state index in [0.29, 0.717) is 6.61 Å². The monoisotopic (exact) mass is 171 g/mol. The molecule has 0 spiro atoms. The summed E-state index contributed by atoms with van der Waals surface area (Å²) in [5.41, 5.74) is 1.06. The molecule has 0 unspecified atom stereocenters. The Morgan fingerprint density at radius 1 is 1.58 bits per heavy atom.